The second kappa shape index (κ2) is 10.6. The molecule has 12 nitrogen and oxygen atoms in total. The third kappa shape index (κ3) is 5.98. The van der Waals surface area contributed by atoms with Gasteiger partial charge in [-0.2, -0.15) is 0 Å². The molecule has 1 fully saturated rings. The number of hydrogen-bond donors (Lipinski definition) is 2. The molecule has 1 aliphatic heterocycles. The molecule has 34 heavy (non-hydrogen) atoms. The molecule has 2 aromatic carbocycles. The number of nitro groups is 1. The quantitative estimate of drug-likeness (QED) is 0.323. The number of esters is 1. The molecule has 3 amide bonds. The van der Waals surface area contributed by atoms with E-state index in [9.17, 15) is 29.3 Å². The van der Waals surface area contributed by atoms with Crippen molar-refractivity contribution in [1.82, 2.24) is 10.4 Å². The zero-order valence-corrected chi connectivity index (χ0v) is 18.5. The van der Waals surface area contributed by atoms with Crippen LogP contribution in [0, 0.1) is 16.0 Å². The van der Waals surface area contributed by atoms with Gasteiger partial charge < -0.3 is 14.8 Å². The third-order valence-electron chi connectivity index (χ3n) is 4.82. The zero-order valence-electron chi connectivity index (χ0n) is 17.8. The van der Waals surface area contributed by atoms with Crippen molar-refractivity contribution in [2.45, 2.75) is 6.42 Å². The Labute approximate surface area is 197 Å². The number of benzene rings is 2. The predicted octanol–water partition coefficient (Wildman–Crippen LogP) is 1.93. The number of non-ortho nitro benzene ring substituents is 1. The van der Waals surface area contributed by atoms with Crippen molar-refractivity contribution >= 4 is 46.7 Å². The van der Waals surface area contributed by atoms with E-state index < -0.39 is 41.1 Å². The molecule has 1 aliphatic rings. The van der Waals surface area contributed by atoms with Gasteiger partial charge in [-0.15, -0.1) is 0 Å². The molecule has 0 radical (unpaired) electrons. The van der Waals surface area contributed by atoms with Crippen molar-refractivity contribution in [1.29, 1.82) is 0 Å². The number of hydrazine groups is 1. The van der Waals surface area contributed by atoms with Crippen molar-refractivity contribution in [2.24, 2.45) is 5.92 Å². The highest BCUT2D eigenvalue weighted by Crippen LogP contribution is 2.27. The van der Waals surface area contributed by atoms with Crippen LogP contribution in [0.4, 0.5) is 11.4 Å². The maximum atomic E-state index is 12.3. The summed E-state index contributed by atoms with van der Waals surface area (Å²) in [5, 5.41) is 14.6. The van der Waals surface area contributed by atoms with Crippen LogP contribution in [0.1, 0.15) is 16.8 Å². The maximum absolute atomic E-state index is 12.3. The molecule has 0 aromatic heterocycles. The van der Waals surface area contributed by atoms with E-state index in [0.717, 1.165) is 17.1 Å². The Kier molecular flexibility index (Phi) is 7.64. The van der Waals surface area contributed by atoms with Gasteiger partial charge in [0.05, 0.1) is 30.2 Å². The normalized spacial score (nSPS) is 14.9. The minimum atomic E-state index is -0.891. The standard InChI is InChI=1S/C21H19ClN4O8/c1-33-17-7-4-14(22)9-16(17)23-18(27)11-34-21(30)13-8-19(28)25(10-13)24-20(29)12-2-5-15(6-3-12)26(31)32/h2-7,9,13H,8,10-11H2,1H3,(H,23,27)(H,24,29)/t13-/m0/s1. The fourth-order valence-electron chi connectivity index (χ4n) is 3.11. The van der Waals surface area contributed by atoms with Crippen LogP contribution in [0.3, 0.4) is 0 Å². The van der Waals surface area contributed by atoms with Crippen LogP contribution in [0.5, 0.6) is 5.75 Å². The second-order valence-corrected chi connectivity index (χ2v) is 7.59. The van der Waals surface area contributed by atoms with E-state index in [4.69, 9.17) is 21.1 Å². The van der Waals surface area contributed by atoms with Crippen molar-refractivity contribution in [2.75, 3.05) is 25.6 Å². The van der Waals surface area contributed by atoms with Crippen molar-refractivity contribution < 1.29 is 33.6 Å². The molecule has 0 aliphatic carbocycles. The van der Waals surface area contributed by atoms with Crippen molar-refractivity contribution in [3.8, 4) is 5.75 Å². The third-order valence-corrected chi connectivity index (χ3v) is 5.05. The van der Waals surface area contributed by atoms with Crippen LogP contribution < -0.4 is 15.5 Å². The Balaban J connectivity index is 1.50. The number of carbonyl (C=O) groups excluding carboxylic acids is 4. The summed E-state index contributed by atoms with van der Waals surface area (Å²) < 4.78 is 10.1. The average molecular weight is 491 g/mol. The summed E-state index contributed by atoms with van der Waals surface area (Å²) in [6, 6.07) is 9.42. The smallest absolute Gasteiger partial charge is 0.311 e. The van der Waals surface area contributed by atoms with Crippen molar-refractivity contribution in [3.05, 3.63) is 63.2 Å². The summed E-state index contributed by atoms with van der Waals surface area (Å²) in [6.45, 7) is -0.755. The molecule has 2 N–H and O–H groups in total. The lowest BCUT2D eigenvalue weighted by atomic mass is 10.1. The molecule has 178 valence electrons. The van der Waals surface area contributed by atoms with E-state index >= 15 is 0 Å². The van der Waals surface area contributed by atoms with Gasteiger partial charge in [0.15, 0.2) is 6.61 Å². The Morgan fingerprint density at radius 2 is 1.91 bits per heavy atom. The first kappa shape index (κ1) is 24.5. The minimum Gasteiger partial charge on any atom is -0.495 e. The van der Waals surface area contributed by atoms with Gasteiger partial charge in [0.2, 0.25) is 5.91 Å². The number of hydrogen-bond acceptors (Lipinski definition) is 8. The lowest BCUT2D eigenvalue weighted by molar-refractivity contribution is -0.384. The Morgan fingerprint density at radius 1 is 1.21 bits per heavy atom. The summed E-state index contributed by atoms with van der Waals surface area (Å²) in [4.78, 5) is 59.1. The molecule has 0 bridgehead atoms. The van der Waals surface area contributed by atoms with Crippen molar-refractivity contribution in [3.63, 3.8) is 0 Å². The minimum absolute atomic E-state index is 0.0949. The van der Waals surface area contributed by atoms with E-state index in [1.165, 1.54) is 25.3 Å². The maximum Gasteiger partial charge on any atom is 0.311 e. The van der Waals surface area contributed by atoms with Crippen LogP contribution in [0.2, 0.25) is 5.02 Å². The fourth-order valence-corrected chi connectivity index (χ4v) is 3.29. The number of rotatable bonds is 8. The van der Waals surface area contributed by atoms with E-state index in [0.29, 0.717) is 16.5 Å². The highest BCUT2D eigenvalue weighted by Gasteiger charge is 2.36. The molecule has 0 spiro atoms. The summed E-state index contributed by atoms with van der Waals surface area (Å²) in [5.74, 6) is -3.14. The average Bonchev–Trinajstić information content (AvgIpc) is 3.17. The first-order valence-corrected chi connectivity index (χ1v) is 10.2. The Bertz CT molecular complexity index is 1140. The number of carbonyl (C=O) groups is 4. The van der Waals surface area contributed by atoms with Gasteiger partial charge in [0.25, 0.3) is 17.5 Å². The number of ether oxygens (including phenoxy) is 2. The van der Waals surface area contributed by atoms with Gasteiger partial charge in [0, 0.05) is 29.1 Å². The van der Waals surface area contributed by atoms with Gasteiger partial charge in [0.1, 0.15) is 5.75 Å². The first-order chi connectivity index (χ1) is 16.2. The highest BCUT2D eigenvalue weighted by atomic mass is 35.5. The largest absolute Gasteiger partial charge is 0.495 e. The topological polar surface area (TPSA) is 157 Å². The highest BCUT2D eigenvalue weighted by molar-refractivity contribution is 6.31. The molecule has 0 unspecified atom stereocenters. The molecule has 1 heterocycles. The fraction of sp³-hybridized carbons (Fsp3) is 0.238. The molecular formula is C21H19ClN4O8. The summed E-state index contributed by atoms with van der Waals surface area (Å²) in [6.07, 6.45) is -0.219. The van der Waals surface area contributed by atoms with E-state index in [-0.39, 0.29) is 24.2 Å². The van der Waals surface area contributed by atoms with Gasteiger partial charge in [-0.25, -0.2) is 0 Å². The molecule has 2 aromatic rings. The predicted molar refractivity (Wildman–Crippen MR) is 118 cm³/mol. The van der Waals surface area contributed by atoms with E-state index in [1.807, 2.05) is 0 Å². The monoisotopic (exact) mass is 490 g/mol. The summed E-state index contributed by atoms with van der Waals surface area (Å²) in [7, 11) is 1.42. The van der Waals surface area contributed by atoms with E-state index in [2.05, 4.69) is 10.7 Å². The number of methoxy groups -OCH3 is 1. The van der Waals surface area contributed by atoms with Crippen LogP contribution in [-0.2, 0) is 19.1 Å². The van der Waals surface area contributed by atoms with Gasteiger partial charge in [-0.3, -0.25) is 39.7 Å². The van der Waals surface area contributed by atoms with Gasteiger partial charge >= 0.3 is 5.97 Å². The lowest BCUT2D eigenvalue weighted by Gasteiger charge is -2.17. The van der Waals surface area contributed by atoms with Crippen LogP contribution in [-0.4, -0.2) is 53.9 Å². The number of nitrogens with one attached hydrogen (secondary N) is 2. The lowest BCUT2D eigenvalue weighted by Crippen LogP contribution is -2.43. The first-order valence-electron chi connectivity index (χ1n) is 9.83. The molecule has 1 saturated heterocycles. The number of nitro benzene ring substituents is 1. The second-order valence-electron chi connectivity index (χ2n) is 7.15. The Morgan fingerprint density at radius 3 is 2.56 bits per heavy atom. The molecule has 1 atom stereocenters. The number of halogens is 1. The summed E-state index contributed by atoms with van der Waals surface area (Å²) >= 11 is 5.91. The molecule has 3 rings (SSSR count). The van der Waals surface area contributed by atoms with Gasteiger partial charge in [-0.05, 0) is 30.3 Å². The summed E-state index contributed by atoms with van der Waals surface area (Å²) in [5.41, 5.74) is 2.56. The van der Waals surface area contributed by atoms with Crippen LogP contribution in [0.25, 0.3) is 0 Å². The van der Waals surface area contributed by atoms with Gasteiger partial charge in [-0.1, -0.05) is 11.6 Å². The Hall–Kier alpha value is -4.19. The molecular weight excluding hydrogens is 472 g/mol. The van der Waals surface area contributed by atoms with E-state index in [1.54, 1.807) is 12.1 Å². The molecule has 13 heteroatoms. The molecule has 0 saturated carbocycles. The van der Waals surface area contributed by atoms with Crippen LogP contribution >= 0.6 is 11.6 Å². The number of anilines is 1. The SMILES string of the molecule is COc1ccc(Cl)cc1NC(=O)COC(=O)[C@H]1CC(=O)N(NC(=O)c2ccc([N+](=O)[O-])cc2)C1. The van der Waals surface area contributed by atoms with Crippen LogP contribution in [0.15, 0.2) is 42.5 Å². The number of amides is 3. The zero-order chi connectivity index (χ0) is 24.8. The number of nitrogens with zero attached hydrogens (tertiary/aromatic N) is 2.